The fourth-order valence-corrected chi connectivity index (χ4v) is 4.67. The van der Waals surface area contributed by atoms with Crippen molar-refractivity contribution in [1.29, 1.82) is 0 Å². The first kappa shape index (κ1) is 23.3. The maximum Gasteiger partial charge on any atom is 0.410 e. The van der Waals surface area contributed by atoms with Crippen LogP contribution in [0.5, 0.6) is 0 Å². The molecule has 0 aromatic heterocycles. The van der Waals surface area contributed by atoms with E-state index in [1.807, 2.05) is 37.8 Å². The average molecular weight is 438 g/mol. The molecule has 2 unspecified atom stereocenters. The maximum atomic E-state index is 12.4. The van der Waals surface area contributed by atoms with Crippen molar-refractivity contribution >= 4 is 17.7 Å². The SMILES string of the molecule is CN1CC(Cc2ccc(Cl)cc2)N(C2CCN(C(=O)OC(C)(C)C)CC2)CC1CO. The monoisotopic (exact) mass is 437 g/mol. The van der Waals surface area contributed by atoms with Gasteiger partial charge in [-0.1, -0.05) is 23.7 Å². The number of aliphatic hydroxyl groups is 1. The summed E-state index contributed by atoms with van der Waals surface area (Å²) in [7, 11) is 2.10. The van der Waals surface area contributed by atoms with E-state index in [-0.39, 0.29) is 18.7 Å². The van der Waals surface area contributed by atoms with E-state index in [1.54, 1.807) is 0 Å². The van der Waals surface area contributed by atoms with E-state index in [2.05, 4.69) is 29.0 Å². The number of carbonyl (C=O) groups is 1. The second kappa shape index (κ2) is 9.86. The molecule has 1 amide bonds. The summed E-state index contributed by atoms with van der Waals surface area (Å²) in [6, 6.07) is 9.02. The molecule has 0 saturated carbocycles. The first-order valence-corrected chi connectivity index (χ1v) is 11.3. The average Bonchev–Trinajstić information content (AvgIpc) is 2.69. The van der Waals surface area contributed by atoms with Gasteiger partial charge in [-0.15, -0.1) is 0 Å². The number of nitrogens with zero attached hydrogens (tertiary/aromatic N) is 3. The molecule has 1 aromatic carbocycles. The first-order chi connectivity index (χ1) is 14.2. The molecule has 2 saturated heterocycles. The molecular formula is C23H36ClN3O3. The van der Waals surface area contributed by atoms with Gasteiger partial charge in [0, 0.05) is 49.3 Å². The van der Waals surface area contributed by atoms with Crippen LogP contribution in [0, 0.1) is 0 Å². The molecule has 1 N–H and O–H groups in total. The molecule has 168 valence electrons. The number of likely N-dealkylation sites (N-methyl/N-ethyl adjacent to an activating group) is 1. The molecule has 0 spiro atoms. The third-order valence-electron chi connectivity index (χ3n) is 6.19. The number of aliphatic hydroxyl groups excluding tert-OH is 1. The highest BCUT2D eigenvalue weighted by Gasteiger charge is 2.37. The number of hydrogen-bond acceptors (Lipinski definition) is 5. The van der Waals surface area contributed by atoms with Crippen LogP contribution in [0.15, 0.2) is 24.3 Å². The van der Waals surface area contributed by atoms with E-state index in [0.717, 1.165) is 37.4 Å². The van der Waals surface area contributed by atoms with Crippen LogP contribution in [-0.2, 0) is 11.2 Å². The Morgan fingerprint density at radius 2 is 1.77 bits per heavy atom. The molecule has 2 atom stereocenters. The highest BCUT2D eigenvalue weighted by Crippen LogP contribution is 2.26. The van der Waals surface area contributed by atoms with Crippen LogP contribution >= 0.6 is 11.6 Å². The minimum Gasteiger partial charge on any atom is -0.444 e. The smallest absolute Gasteiger partial charge is 0.410 e. The summed E-state index contributed by atoms with van der Waals surface area (Å²) in [4.78, 5) is 19.1. The molecule has 2 heterocycles. The molecule has 2 fully saturated rings. The molecule has 3 rings (SSSR count). The molecule has 30 heavy (non-hydrogen) atoms. The van der Waals surface area contributed by atoms with Gasteiger partial charge in [-0.25, -0.2) is 4.79 Å². The lowest BCUT2D eigenvalue weighted by Gasteiger charge is -2.49. The molecule has 2 aliphatic heterocycles. The Bertz CT molecular complexity index is 699. The zero-order valence-electron chi connectivity index (χ0n) is 18.7. The van der Waals surface area contributed by atoms with Crippen molar-refractivity contribution in [3.05, 3.63) is 34.9 Å². The third-order valence-corrected chi connectivity index (χ3v) is 6.45. The van der Waals surface area contributed by atoms with Gasteiger partial charge in [0.25, 0.3) is 0 Å². The molecule has 6 nitrogen and oxygen atoms in total. The van der Waals surface area contributed by atoms with Crippen molar-refractivity contribution in [3.63, 3.8) is 0 Å². The zero-order chi connectivity index (χ0) is 21.9. The topological polar surface area (TPSA) is 56.2 Å². The summed E-state index contributed by atoms with van der Waals surface area (Å²) in [5.74, 6) is 0. The van der Waals surface area contributed by atoms with Gasteiger partial charge in [-0.05, 0) is 64.8 Å². The van der Waals surface area contributed by atoms with Crippen LogP contribution in [0.25, 0.3) is 0 Å². The highest BCUT2D eigenvalue weighted by atomic mass is 35.5. The Morgan fingerprint density at radius 3 is 2.33 bits per heavy atom. The number of amides is 1. The second-order valence-electron chi connectivity index (χ2n) is 9.66. The van der Waals surface area contributed by atoms with Gasteiger partial charge in [-0.2, -0.15) is 0 Å². The van der Waals surface area contributed by atoms with Crippen molar-refractivity contribution in [3.8, 4) is 0 Å². The summed E-state index contributed by atoms with van der Waals surface area (Å²) < 4.78 is 5.54. The molecule has 0 radical (unpaired) electrons. The van der Waals surface area contributed by atoms with Crippen molar-refractivity contribution in [2.75, 3.05) is 39.8 Å². The Balaban J connectivity index is 1.66. The van der Waals surface area contributed by atoms with Crippen LogP contribution in [0.1, 0.15) is 39.2 Å². The van der Waals surface area contributed by atoms with Gasteiger partial charge >= 0.3 is 6.09 Å². The molecular weight excluding hydrogens is 402 g/mol. The predicted octanol–water partition coefficient (Wildman–Crippen LogP) is 3.26. The van der Waals surface area contributed by atoms with E-state index >= 15 is 0 Å². The van der Waals surface area contributed by atoms with Crippen molar-refractivity contribution < 1.29 is 14.6 Å². The summed E-state index contributed by atoms with van der Waals surface area (Å²) >= 11 is 6.06. The first-order valence-electron chi connectivity index (χ1n) is 11.0. The molecule has 0 aliphatic carbocycles. The Kier molecular flexibility index (Phi) is 7.66. The molecule has 7 heteroatoms. The Hall–Kier alpha value is -1.34. The number of hydrogen-bond donors (Lipinski definition) is 1. The predicted molar refractivity (Wildman–Crippen MR) is 120 cm³/mol. The highest BCUT2D eigenvalue weighted by molar-refractivity contribution is 6.30. The summed E-state index contributed by atoms with van der Waals surface area (Å²) in [5, 5.41) is 10.6. The minimum atomic E-state index is -0.469. The number of benzene rings is 1. The van der Waals surface area contributed by atoms with Gasteiger partial charge in [0.05, 0.1) is 6.61 Å². The quantitative estimate of drug-likeness (QED) is 0.783. The standard InChI is InChI=1S/C23H36ClN3O3/c1-23(2,3)30-22(29)26-11-9-19(10-12-26)27-15-21(16-28)25(4)14-20(27)13-17-5-7-18(24)8-6-17/h5-8,19-21,28H,9-16H2,1-4H3. The number of carbonyl (C=O) groups excluding carboxylic acids is 1. The fraction of sp³-hybridized carbons (Fsp3) is 0.696. The van der Waals surface area contributed by atoms with E-state index < -0.39 is 5.60 Å². The van der Waals surface area contributed by atoms with Gasteiger partial charge in [0.1, 0.15) is 5.60 Å². The van der Waals surface area contributed by atoms with Gasteiger partial charge < -0.3 is 14.7 Å². The third kappa shape index (κ3) is 6.10. The van der Waals surface area contributed by atoms with Crippen LogP contribution in [0.2, 0.25) is 5.02 Å². The fourth-order valence-electron chi connectivity index (χ4n) is 4.54. The van der Waals surface area contributed by atoms with Crippen molar-refractivity contribution in [1.82, 2.24) is 14.7 Å². The number of ether oxygens (including phenoxy) is 1. The van der Waals surface area contributed by atoms with E-state index in [4.69, 9.17) is 16.3 Å². The van der Waals surface area contributed by atoms with Crippen LogP contribution in [0.3, 0.4) is 0 Å². The molecule has 2 aliphatic rings. The summed E-state index contributed by atoms with van der Waals surface area (Å²) in [6.45, 7) is 9.06. The van der Waals surface area contributed by atoms with E-state index in [0.29, 0.717) is 25.2 Å². The largest absolute Gasteiger partial charge is 0.444 e. The molecule has 1 aromatic rings. The van der Waals surface area contributed by atoms with Crippen molar-refractivity contribution in [2.24, 2.45) is 0 Å². The normalized spacial score (nSPS) is 24.8. The number of piperidine rings is 1. The van der Waals surface area contributed by atoms with Gasteiger partial charge in [0.2, 0.25) is 0 Å². The summed E-state index contributed by atoms with van der Waals surface area (Å²) in [5.41, 5.74) is 0.806. The van der Waals surface area contributed by atoms with Gasteiger partial charge in [-0.3, -0.25) is 9.80 Å². The van der Waals surface area contributed by atoms with Crippen molar-refractivity contribution in [2.45, 2.75) is 63.8 Å². The Morgan fingerprint density at radius 1 is 1.13 bits per heavy atom. The lowest BCUT2D eigenvalue weighted by atomic mass is 9.94. The lowest BCUT2D eigenvalue weighted by Crippen LogP contribution is -2.62. The molecule has 0 bridgehead atoms. The number of halogens is 1. The number of piperazine rings is 1. The van der Waals surface area contributed by atoms with E-state index in [9.17, 15) is 9.90 Å². The van der Waals surface area contributed by atoms with Gasteiger partial charge in [0.15, 0.2) is 0 Å². The van der Waals surface area contributed by atoms with E-state index in [1.165, 1.54) is 5.56 Å². The Labute approximate surface area is 185 Å². The zero-order valence-corrected chi connectivity index (χ0v) is 19.4. The van der Waals surface area contributed by atoms with Crippen LogP contribution in [-0.4, -0.2) is 89.5 Å². The number of likely N-dealkylation sites (tertiary alicyclic amines) is 1. The maximum absolute atomic E-state index is 12.4. The number of rotatable bonds is 4. The van der Waals surface area contributed by atoms with Crippen LogP contribution < -0.4 is 0 Å². The summed E-state index contributed by atoms with van der Waals surface area (Å²) in [6.07, 6.45) is 2.59. The van der Waals surface area contributed by atoms with Crippen LogP contribution in [0.4, 0.5) is 4.79 Å². The lowest BCUT2D eigenvalue weighted by molar-refractivity contribution is -0.0255. The second-order valence-corrected chi connectivity index (χ2v) is 10.1. The minimum absolute atomic E-state index is 0.148.